The SMILES string of the molecule is CN(c1cc(OCC(=O)O)cc2cc(C3=NCC(CN4CCSCC4)S3)[nH]c12)S(=O)(=O)c1ccccn1. The molecule has 2 aliphatic rings. The van der Waals surface area contributed by atoms with Crippen LogP contribution in [0.25, 0.3) is 10.9 Å². The number of aromatic nitrogens is 2. The molecule has 13 heteroatoms. The number of ether oxygens (including phenoxy) is 1. The van der Waals surface area contributed by atoms with Gasteiger partial charge in [0.15, 0.2) is 11.6 Å². The standard InChI is InChI=1S/C24H27N5O5S3/c1-28(37(32,33)21-4-2-3-5-25-21)20-12-17(34-15-22(30)31)10-16-11-19(27-23(16)20)24-26-13-18(36-24)14-29-6-8-35-9-7-29/h2-5,10-12,18,27H,6-9,13-15H2,1H3,(H,30,31). The van der Waals surface area contributed by atoms with Crippen LogP contribution in [-0.2, 0) is 14.8 Å². The number of rotatable bonds is 9. The van der Waals surface area contributed by atoms with Gasteiger partial charge in [-0.2, -0.15) is 20.2 Å². The minimum absolute atomic E-state index is 0.0936. The quantitative estimate of drug-likeness (QED) is 0.405. The van der Waals surface area contributed by atoms with E-state index in [0.29, 0.717) is 21.8 Å². The Balaban J connectivity index is 1.46. The summed E-state index contributed by atoms with van der Waals surface area (Å²) in [6, 6.07) is 9.81. The van der Waals surface area contributed by atoms with Gasteiger partial charge < -0.3 is 19.7 Å². The van der Waals surface area contributed by atoms with Crippen molar-refractivity contribution < 1.29 is 23.1 Å². The van der Waals surface area contributed by atoms with E-state index in [0.717, 1.165) is 52.7 Å². The molecule has 1 fully saturated rings. The number of fused-ring (bicyclic) bond motifs is 1. The van der Waals surface area contributed by atoms with Gasteiger partial charge in [0.05, 0.1) is 23.4 Å². The lowest BCUT2D eigenvalue weighted by molar-refractivity contribution is -0.139. The normalized spacial score (nSPS) is 18.6. The lowest BCUT2D eigenvalue weighted by atomic mass is 10.2. The fourth-order valence-electron chi connectivity index (χ4n) is 4.29. The number of aromatic amines is 1. The largest absolute Gasteiger partial charge is 0.482 e. The molecule has 0 bridgehead atoms. The molecule has 1 unspecified atom stereocenters. The lowest BCUT2D eigenvalue weighted by Gasteiger charge is -2.28. The molecule has 2 N–H and O–H groups in total. The second-order valence-corrected chi connectivity index (χ2v) is 13.1. The summed E-state index contributed by atoms with van der Waals surface area (Å²) in [4.78, 5) is 25.7. The summed E-state index contributed by atoms with van der Waals surface area (Å²) in [5.74, 6) is 1.45. The van der Waals surface area contributed by atoms with Crippen LogP contribution in [0.1, 0.15) is 5.69 Å². The minimum Gasteiger partial charge on any atom is -0.482 e. The summed E-state index contributed by atoms with van der Waals surface area (Å²) in [5, 5.41) is 10.9. The molecule has 196 valence electrons. The zero-order chi connectivity index (χ0) is 26.0. The molecule has 0 saturated carbocycles. The van der Waals surface area contributed by atoms with Crippen molar-refractivity contribution >= 4 is 61.2 Å². The summed E-state index contributed by atoms with van der Waals surface area (Å²) in [6.45, 7) is 3.37. The van der Waals surface area contributed by atoms with Gasteiger partial charge in [-0.3, -0.25) is 9.30 Å². The predicted molar refractivity (Wildman–Crippen MR) is 148 cm³/mol. The Kier molecular flexibility index (Phi) is 7.65. The van der Waals surface area contributed by atoms with E-state index in [-0.39, 0.29) is 10.8 Å². The van der Waals surface area contributed by atoms with Crippen LogP contribution in [0.15, 0.2) is 52.6 Å². The Morgan fingerprint density at radius 3 is 2.81 bits per heavy atom. The Bertz CT molecular complexity index is 1420. The monoisotopic (exact) mass is 561 g/mol. The first-order valence-corrected chi connectivity index (χ1v) is 15.2. The number of nitrogens with one attached hydrogen (secondary N) is 1. The third-order valence-corrected chi connectivity index (χ3v) is 9.99. The Morgan fingerprint density at radius 2 is 2.08 bits per heavy atom. The molecule has 1 saturated heterocycles. The summed E-state index contributed by atoms with van der Waals surface area (Å²) < 4.78 is 33.2. The Hall–Kier alpha value is -2.74. The number of carbonyl (C=O) groups is 1. The molecule has 5 rings (SSSR count). The van der Waals surface area contributed by atoms with E-state index in [2.05, 4.69) is 14.9 Å². The van der Waals surface area contributed by atoms with Crippen molar-refractivity contribution in [2.75, 3.05) is 55.6 Å². The van der Waals surface area contributed by atoms with Gasteiger partial charge in [0.25, 0.3) is 10.0 Å². The smallest absolute Gasteiger partial charge is 0.341 e. The van der Waals surface area contributed by atoms with Crippen LogP contribution in [0, 0.1) is 0 Å². The number of carboxylic acids is 1. The van der Waals surface area contributed by atoms with Gasteiger partial charge in [-0.25, -0.2) is 9.78 Å². The third kappa shape index (κ3) is 5.74. The highest BCUT2D eigenvalue weighted by Crippen LogP contribution is 2.36. The number of pyridine rings is 1. The zero-order valence-electron chi connectivity index (χ0n) is 20.2. The second kappa shape index (κ2) is 10.9. The molecule has 3 aromatic rings. The maximum Gasteiger partial charge on any atom is 0.341 e. The first kappa shape index (κ1) is 25.9. The number of nitrogens with zero attached hydrogens (tertiary/aromatic N) is 4. The maximum absolute atomic E-state index is 13.3. The van der Waals surface area contributed by atoms with Gasteiger partial charge >= 0.3 is 5.97 Å². The Labute approximate surface area is 223 Å². The van der Waals surface area contributed by atoms with Crippen LogP contribution in [0.5, 0.6) is 5.75 Å². The highest BCUT2D eigenvalue weighted by atomic mass is 32.2. The number of H-pyrrole nitrogens is 1. The molecule has 2 aromatic heterocycles. The van der Waals surface area contributed by atoms with Crippen molar-refractivity contribution in [1.29, 1.82) is 0 Å². The number of aliphatic carboxylic acids is 1. The molecule has 10 nitrogen and oxygen atoms in total. The fourth-order valence-corrected chi connectivity index (χ4v) is 7.54. The highest BCUT2D eigenvalue weighted by molar-refractivity contribution is 8.15. The van der Waals surface area contributed by atoms with Crippen LogP contribution in [0.3, 0.4) is 0 Å². The van der Waals surface area contributed by atoms with Crippen LogP contribution in [0.4, 0.5) is 5.69 Å². The predicted octanol–water partition coefficient (Wildman–Crippen LogP) is 2.76. The van der Waals surface area contributed by atoms with Crippen LogP contribution >= 0.6 is 23.5 Å². The number of sulfonamides is 1. The van der Waals surface area contributed by atoms with Crippen LogP contribution in [-0.4, -0.2) is 96.0 Å². The first-order chi connectivity index (χ1) is 17.8. The van der Waals surface area contributed by atoms with Gasteiger partial charge in [-0.1, -0.05) is 17.8 Å². The molecule has 1 aromatic carbocycles. The second-order valence-electron chi connectivity index (χ2n) is 8.71. The fraction of sp³-hybridized carbons (Fsp3) is 0.375. The number of hydrogen-bond acceptors (Lipinski definition) is 9. The number of anilines is 1. The van der Waals surface area contributed by atoms with Crippen molar-refractivity contribution in [2.45, 2.75) is 10.3 Å². The average Bonchev–Trinajstić information content (AvgIpc) is 3.54. The number of hydrogen-bond donors (Lipinski definition) is 2. The van der Waals surface area contributed by atoms with Crippen LogP contribution in [0.2, 0.25) is 0 Å². The summed E-state index contributed by atoms with van der Waals surface area (Å²) in [5.41, 5.74) is 1.69. The van der Waals surface area contributed by atoms with Crippen molar-refractivity contribution in [3.63, 3.8) is 0 Å². The molecule has 0 spiro atoms. The van der Waals surface area contributed by atoms with E-state index in [9.17, 15) is 13.2 Å². The topological polar surface area (TPSA) is 128 Å². The molecule has 2 aliphatic heterocycles. The number of benzene rings is 1. The van der Waals surface area contributed by atoms with Gasteiger partial charge in [-0.05, 0) is 24.3 Å². The van der Waals surface area contributed by atoms with E-state index in [4.69, 9.17) is 14.8 Å². The van der Waals surface area contributed by atoms with E-state index >= 15 is 0 Å². The molecule has 0 radical (unpaired) electrons. The van der Waals surface area contributed by atoms with Gasteiger partial charge in [0.1, 0.15) is 10.8 Å². The average molecular weight is 562 g/mol. The third-order valence-electron chi connectivity index (χ3n) is 6.16. The van der Waals surface area contributed by atoms with E-state index in [1.54, 1.807) is 30.0 Å². The summed E-state index contributed by atoms with van der Waals surface area (Å²) in [6.07, 6.45) is 1.42. The molecule has 4 heterocycles. The molecular weight excluding hydrogens is 534 g/mol. The van der Waals surface area contributed by atoms with E-state index in [1.165, 1.54) is 25.4 Å². The molecule has 0 aliphatic carbocycles. The number of carboxylic acid groups (broad SMARTS) is 1. The van der Waals surface area contributed by atoms with Gasteiger partial charge in [0.2, 0.25) is 0 Å². The maximum atomic E-state index is 13.3. The number of thioether (sulfide) groups is 2. The molecule has 37 heavy (non-hydrogen) atoms. The summed E-state index contributed by atoms with van der Waals surface area (Å²) >= 11 is 3.72. The van der Waals surface area contributed by atoms with Gasteiger partial charge in [-0.15, -0.1) is 0 Å². The lowest BCUT2D eigenvalue weighted by Crippen LogP contribution is -2.37. The molecule has 0 amide bonds. The van der Waals surface area contributed by atoms with Crippen LogP contribution < -0.4 is 9.04 Å². The molecular formula is C24H27N5O5S3. The molecule has 1 atom stereocenters. The van der Waals surface area contributed by atoms with Crippen molar-refractivity contribution in [3.05, 3.63) is 48.3 Å². The van der Waals surface area contributed by atoms with Crippen molar-refractivity contribution in [2.24, 2.45) is 4.99 Å². The van der Waals surface area contributed by atoms with Crippen molar-refractivity contribution in [3.8, 4) is 5.75 Å². The van der Waals surface area contributed by atoms with E-state index in [1.807, 2.05) is 17.8 Å². The summed E-state index contributed by atoms with van der Waals surface area (Å²) in [7, 11) is -2.54. The van der Waals surface area contributed by atoms with Gasteiger partial charge in [0, 0.05) is 61.1 Å². The van der Waals surface area contributed by atoms with E-state index < -0.39 is 22.6 Å². The number of aliphatic imine (C=N–C) groups is 1. The Morgan fingerprint density at radius 1 is 1.27 bits per heavy atom. The van der Waals surface area contributed by atoms with Crippen molar-refractivity contribution in [1.82, 2.24) is 14.9 Å². The zero-order valence-corrected chi connectivity index (χ0v) is 22.6. The first-order valence-electron chi connectivity index (χ1n) is 11.7. The minimum atomic E-state index is -3.98. The highest BCUT2D eigenvalue weighted by Gasteiger charge is 2.28.